The SMILES string of the molecule is CCC1CCCCC1NC(=O)c1csc(C(C)N)n1. The van der Waals surface area contributed by atoms with Crippen LogP contribution in [0.25, 0.3) is 0 Å². The Balaban J connectivity index is 1.99. The number of thiazole rings is 1. The topological polar surface area (TPSA) is 68.0 Å². The molecule has 3 N–H and O–H groups in total. The summed E-state index contributed by atoms with van der Waals surface area (Å²) in [4.78, 5) is 16.5. The zero-order valence-corrected chi connectivity index (χ0v) is 12.5. The molecular formula is C14H23N3OS. The number of amides is 1. The Bertz CT molecular complexity index is 430. The van der Waals surface area contributed by atoms with Crippen molar-refractivity contribution in [1.29, 1.82) is 0 Å². The third-order valence-corrected chi connectivity index (χ3v) is 4.94. The Morgan fingerprint density at radius 1 is 1.58 bits per heavy atom. The van der Waals surface area contributed by atoms with Gasteiger partial charge in [-0.3, -0.25) is 4.79 Å². The van der Waals surface area contributed by atoms with Gasteiger partial charge < -0.3 is 11.1 Å². The Hall–Kier alpha value is -0.940. The van der Waals surface area contributed by atoms with Crippen molar-refractivity contribution in [3.63, 3.8) is 0 Å². The van der Waals surface area contributed by atoms with Gasteiger partial charge in [-0.05, 0) is 25.7 Å². The normalized spacial score (nSPS) is 25.0. The second kappa shape index (κ2) is 6.48. The van der Waals surface area contributed by atoms with Gasteiger partial charge >= 0.3 is 0 Å². The van der Waals surface area contributed by atoms with Crippen molar-refractivity contribution >= 4 is 17.2 Å². The van der Waals surface area contributed by atoms with Crippen LogP contribution in [-0.2, 0) is 0 Å². The van der Waals surface area contributed by atoms with Gasteiger partial charge in [-0.1, -0.05) is 26.2 Å². The van der Waals surface area contributed by atoms with E-state index in [1.807, 2.05) is 6.92 Å². The third kappa shape index (κ3) is 3.54. The lowest BCUT2D eigenvalue weighted by molar-refractivity contribution is 0.0900. The molecule has 1 amide bonds. The molecule has 0 bridgehead atoms. The maximum absolute atomic E-state index is 12.2. The molecule has 4 nitrogen and oxygen atoms in total. The molecule has 1 aliphatic carbocycles. The van der Waals surface area contributed by atoms with E-state index in [0.717, 1.165) is 17.8 Å². The van der Waals surface area contributed by atoms with E-state index in [0.29, 0.717) is 17.7 Å². The van der Waals surface area contributed by atoms with Crippen LogP contribution in [0, 0.1) is 5.92 Å². The van der Waals surface area contributed by atoms with E-state index in [9.17, 15) is 4.79 Å². The fourth-order valence-electron chi connectivity index (χ4n) is 2.73. The molecule has 3 atom stereocenters. The summed E-state index contributed by atoms with van der Waals surface area (Å²) in [7, 11) is 0. The van der Waals surface area contributed by atoms with Crippen molar-refractivity contribution in [3.05, 3.63) is 16.1 Å². The zero-order chi connectivity index (χ0) is 13.8. The summed E-state index contributed by atoms with van der Waals surface area (Å²) in [6, 6.07) is 0.205. The first-order valence-corrected chi connectivity index (χ1v) is 8.01. The molecule has 1 heterocycles. The predicted octanol–water partition coefficient (Wildman–Crippen LogP) is 2.86. The summed E-state index contributed by atoms with van der Waals surface area (Å²) in [5.41, 5.74) is 6.28. The van der Waals surface area contributed by atoms with Gasteiger partial charge in [0, 0.05) is 11.4 Å². The van der Waals surface area contributed by atoms with Crippen molar-refractivity contribution in [2.24, 2.45) is 11.7 Å². The number of carbonyl (C=O) groups is 1. The van der Waals surface area contributed by atoms with Gasteiger partial charge in [0.25, 0.3) is 5.91 Å². The molecule has 0 aromatic carbocycles. The Kier molecular flexibility index (Phi) is 4.93. The summed E-state index contributed by atoms with van der Waals surface area (Å²) in [6.45, 7) is 4.08. The molecule has 1 saturated carbocycles. The molecular weight excluding hydrogens is 258 g/mol. The Labute approximate surface area is 118 Å². The van der Waals surface area contributed by atoms with Gasteiger partial charge in [-0.2, -0.15) is 0 Å². The van der Waals surface area contributed by atoms with E-state index in [-0.39, 0.29) is 11.9 Å². The molecule has 0 saturated heterocycles. The van der Waals surface area contributed by atoms with E-state index in [4.69, 9.17) is 5.73 Å². The average molecular weight is 281 g/mol. The van der Waals surface area contributed by atoms with E-state index >= 15 is 0 Å². The second-order valence-corrected chi connectivity index (χ2v) is 6.28. The predicted molar refractivity (Wildman–Crippen MR) is 78.2 cm³/mol. The van der Waals surface area contributed by atoms with Gasteiger partial charge in [0.1, 0.15) is 10.7 Å². The minimum absolute atomic E-state index is 0.0477. The minimum Gasteiger partial charge on any atom is -0.348 e. The minimum atomic E-state index is -0.107. The number of aromatic nitrogens is 1. The van der Waals surface area contributed by atoms with Crippen molar-refractivity contribution in [2.45, 2.75) is 58.0 Å². The standard InChI is InChI=1S/C14H23N3OS/c1-3-10-6-4-5-7-11(10)16-13(18)12-8-19-14(17-12)9(2)15/h8-11H,3-7,15H2,1-2H3,(H,16,18). The quantitative estimate of drug-likeness (QED) is 0.891. The van der Waals surface area contributed by atoms with Gasteiger partial charge in [0.15, 0.2) is 0 Å². The maximum Gasteiger partial charge on any atom is 0.270 e. The van der Waals surface area contributed by atoms with Gasteiger partial charge in [-0.15, -0.1) is 11.3 Å². The van der Waals surface area contributed by atoms with Crippen LogP contribution in [0.2, 0.25) is 0 Å². The van der Waals surface area contributed by atoms with Crippen LogP contribution in [0.5, 0.6) is 0 Å². The van der Waals surface area contributed by atoms with Crippen molar-refractivity contribution in [2.75, 3.05) is 0 Å². The fourth-order valence-corrected chi connectivity index (χ4v) is 3.49. The highest BCUT2D eigenvalue weighted by molar-refractivity contribution is 7.09. The third-order valence-electron chi connectivity index (χ3n) is 3.89. The molecule has 1 aliphatic rings. The number of nitrogens with zero attached hydrogens (tertiary/aromatic N) is 1. The number of carbonyl (C=O) groups excluding carboxylic acids is 1. The lowest BCUT2D eigenvalue weighted by Crippen LogP contribution is -2.42. The van der Waals surface area contributed by atoms with E-state index < -0.39 is 0 Å². The number of nitrogens with one attached hydrogen (secondary N) is 1. The summed E-state index contributed by atoms with van der Waals surface area (Å²) in [5.74, 6) is 0.567. The van der Waals surface area contributed by atoms with Crippen LogP contribution in [0.1, 0.15) is 67.5 Å². The molecule has 2 rings (SSSR count). The van der Waals surface area contributed by atoms with Crippen LogP contribution in [0.4, 0.5) is 0 Å². The number of rotatable bonds is 4. The first kappa shape index (κ1) is 14.5. The van der Waals surface area contributed by atoms with E-state index in [1.165, 1.54) is 30.6 Å². The molecule has 1 aromatic heterocycles. The highest BCUT2D eigenvalue weighted by Crippen LogP contribution is 2.27. The van der Waals surface area contributed by atoms with Gasteiger partial charge in [0.2, 0.25) is 0 Å². The summed E-state index contributed by atoms with van der Waals surface area (Å²) in [5, 5.41) is 5.78. The average Bonchev–Trinajstić information content (AvgIpc) is 2.89. The Morgan fingerprint density at radius 3 is 2.95 bits per heavy atom. The molecule has 3 unspecified atom stereocenters. The second-order valence-electron chi connectivity index (χ2n) is 5.39. The van der Waals surface area contributed by atoms with E-state index in [2.05, 4.69) is 17.2 Å². The number of hydrogen-bond donors (Lipinski definition) is 2. The molecule has 1 aromatic rings. The number of nitrogens with two attached hydrogens (primary N) is 1. The number of hydrogen-bond acceptors (Lipinski definition) is 4. The van der Waals surface area contributed by atoms with Gasteiger partial charge in [-0.25, -0.2) is 4.98 Å². The molecule has 106 valence electrons. The van der Waals surface area contributed by atoms with Crippen molar-refractivity contribution in [1.82, 2.24) is 10.3 Å². The highest BCUT2D eigenvalue weighted by atomic mass is 32.1. The maximum atomic E-state index is 12.2. The van der Waals surface area contributed by atoms with Crippen LogP contribution in [-0.4, -0.2) is 16.9 Å². The summed E-state index contributed by atoms with van der Waals surface area (Å²) < 4.78 is 0. The van der Waals surface area contributed by atoms with Crippen LogP contribution in [0.15, 0.2) is 5.38 Å². The first-order valence-electron chi connectivity index (χ1n) is 7.13. The lowest BCUT2D eigenvalue weighted by Gasteiger charge is -2.31. The van der Waals surface area contributed by atoms with Crippen molar-refractivity contribution < 1.29 is 4.79 Å². The lowest BCUT2D eigenvalue weighted by atomic mass is 9.83. The smallest absolute Gasteiger partial charge is 0.270 e. The van der Waals surface area contributed by atoms with Crippen LogP contribution in [0.3, 0.4) is 0 Å². The first-order chi connectivity index (χ1) is 9.11. The molecule has 1 fully saturated rings. The molecule has 0 aliphatic heterocycles. The molecule has 19 heavy (non-hydrogen) atoms. The van der Waals surface area contributed by atoms with Crippen LogP contribution < -0.4 is 11.1 Å². The Morgan fingerprint density at radius 2 is 2.32 bits per heavy atom. The highest BCUT2D eigenvalue weighted by Gasteiger charge is 2.26. The monoisotopic (exact) mass is 281 g/mol. The molecule has 5 heteroatoms. The van der Waals surface area contributed by atoms with E-state index in [1.54, 1.807) is 5.38 Å². The summed E-state index contributed by atoms with van der Waals surface area (Å²) in [6.07, 6.45) is 5.95. The van der Waals surface area contributed by atoms with Gasteiger partial charge in [0.05, 0.1) is 6.04 Å². The fraction of sp³-hybridized carbons (Fsp3) is 0.714. The molecule has 0 spiro atoms. The van der Waals surface area contributed by atoms with Crippen LogP contribution >= 0.6 is 11.3 Å². The zero-order valence-electron chi connectivity index (χ0n) is 11.7. The largest absolute Gasteiger partial charge is 0.348 e. The molecule has 0 radical (unpaired) electrons. The summed E-state index contributed by atoms with van der Waals surface area (Å²) >= 11 is 1.46. The van der Waals surface area contributed by atoms with Crippen molar-refractivity contribution in [3.8, 4) is 0 Å².